The minimum atomic E-state index is -5.18. The highest BCUT2D eigenvalue weighted by Gasteiger charge is 2.50. The van der Waals surface area contributed by atoms with Crippen molar-refractivity contribution in [1.82, 2.24) is 4.90 Å². The van der Waals surface area contributed by atoms with Gasteiger partial charge in [-0.05, 0) is 0 Å². The molecule has 0 N–H and O–H groups in total. The molecule has 0 rings (SSSR count). The van der Waals surface area contributed by atoms with Crippen LogP contribution in [0, 0.1) is 0 Å². The van der Waals surface area contributed by atoms with Crippen LogP contribution in [0.3, 0.4) is 0 Å². The summed E-state index contributed by atoms with van der Waals surface area (Å²) in [6.45, 7) is -3.19. The predicted octanol–water partition coefficient (Wildman–Crippen LogP) is 1.97. The van der Waals surface area contributed by atoms with E-state index in [2.05, 4.69) is 4.74 Å². The lowest BCUT2D eigenvalue weighted by Crippen LogP contribution is -2.50. The summed E-state index contributed by atoms with van der Waals surface area (Å²) in [6, 6.07) is -4.26. The molecule has 0 atom stereocenters. The smallest absolute Gasteiger partial charge is 0.343 e. The van der Waals surface area contributed by atoms with Gasteiger partial charge in [0.2, 0.25) is 0 Å². The average Bonchev–Trinajstić information content (AvgIpc) is 1.98. The number of halogens is 6. The fraction of sp³-hybridized carbons (Fsp3) is 1.00. The van der Waals surface area contributed by atoms with Gasteiger partial charge in [-0.2, -0.15) is 26.9 Å². The van der Waals surface area contributed by atoms with Gasteiger partial charge in [-0.25, -0.2) is 4.39 Å². The topological polar surface area (TPSA) is 12.5 Å². The van der Waals surface area contributed by atoms with Crippen molar-refractivity contribution in [1.29, 1.82) is 0 Å². The predicted molar refractivity (Wildman–Crippen MR) is 30.7 cm³/mol. The lowest BCUT2D eigenvalue weighted by Gasteiger charge is -2.28. The lowest BCUT2D eigenvalue weighted by atomic mass is 10.5. The summed E-state index contributed by atoms with van der Waals surface area (Å²) < 4.78 is 74.6. The molecule has 0 aliphatic carbocycles. The Labute approximate surface area is 70.1 Å². The van der Waals surface area contributed by atoms with Gasteiger partial charge in [0.1, 0.15) is 6.61 Å². The number of nitrogens with zero attached hydrogens (tertiary/aromatic N) is 1. The third-order valence-electron chi connectivity index (χ3n) is 1.22. The van der Waals surface area contributed by atoms with Gasteiger partial charge in [-0.1, -0.05) is 0 Å². The van der Waals surface area contributed by atoms with Crippen LogP contribution in [0.2, 0.25) is 0 Å². The number of alkyl halides is 6. The summed E-state index contributed by atoms with van der Waals surface area (Å²) in [6.07, 6.45) is -5.18. The molecular weight excluding hydrogens is 204 g/mol. The highest BCUT2D eigenvalue weighted by Crippen LogP contribution is 2.30. The van der Waals surface area contributed by atoms with Gasteiger partial charge in [0.25, 0.3) is 0 Å². The van der Waals surface area contributed by atoms with Crippen LogP contribution < -0.4 is 0 Å². The van der Waals surface area contributed by atoms with Crippen molar-refractivity contribution in [2.45, 2.75) is 12.3 Å². The van der Waals surface area contributed by atoms with Crippen LogP contribution in [0.25, 0.3) is 0 Å². The zero-order valence-corrected chi connectivity index (χ0v) is 6.54. The number of hydrogen-bond acceptors (Lipinski definition) is 2. The van der Waals surface area contributed by atoms with E-state index in [0.29, 0.717) is 0 Å². The molecule has 0 bridgehead atoms. The third kappa shape index (κ3) is 3.81. The van der Waals surface area contributed by atoms with Crippen molar-refractivity contribution in [2.24, 2.45) is 0 Å². The Morgan fingerprint density at radius 2 is 1.62 bits per heavy atom. The first kappa shape index (κ1) is 12.5. The third-order valence-corrected chi connectivity index (χ3v) is 1.22. The molecule has 0 unspecified atom stereocenters. The van der Waals surface area contributed by atoms with E-state index in [1.807, 2.05) is 0 Å². The summed E-state index contributed by atoms with van der Waals surface area (Å²) in [5.74, 6) is 0. The molecule has 2 nitrogen and oxygen atoms in total. The maximum atomic E-state index is 12.4. The Morgan fingerprint density at radius 3 is 1.92 bits per heavy atom. The van der Waals surface area contributed by atoms with E-state index in [4.69, 9.17) is 0 Å². The standard InChI is InChI=1S/C5H7F6NO/c1-12(5(9,10)11)4(7,8)2-13-3-6/h2-3H2,1H3. The molecule has 0 aromatic rings. The van der Waals surface area contributed by atoms with Crippen LogP contribution in [0.1, 0.15) is 0 Å². The number of ether oxygens (including phenoxy) is 1. The SMILES string of the molecule is CN(C(F)(F)F)C(F)(F)COCF. The lowest BCUT2D eigenvalue weighted by molar-refractivity contribution is -0.332. The molecule has 8 heteroatoms. The van der Waals surface area contributed by atoms with Gasteiger partial charge in [0, 0.05) is 7.05 Å². The van der Waals surface area contributed by atoms with Crippen molar-refractivity contribution >= 4 is 0 Å². The zero-order valence-electron chi connectivity index (χ0n) is 6.54. The van der Waals surface area contributed by atoms with Crippen molar-refractivity contribution in [3.63, 3.8) is 0 Å². The first-order chi connectivity index (χ1) is 5.72. The van der Waals surface area contributed by atoms with E-state index >= 15 is 0 Å². The van der Waals surface area contributed by atoms with E-state index in [1.54, 1.807) is 0 Å². The molecule has 0 saturated carbocycles. The van der Waals surface area contributed by atoms with Gasteiger partial charge < -0.3 is 4.74 Å². The van der Waals surface area contributed by atoms with E-state index in [9.17, 15) is 26.3 Å². The Morgan fingerprint density at radius 1 is 1.15 bits per heavy atom. The normalized spacial score (nSPS) is 13.8. The van der Waals surface area contributed by atoms with Gasteiger partial charge in [-0.3, -0.25) is 0 Å². The molecule has 0 aromatic heterocycles. The Balaban J connectivity index is 4.27. The van der Waals surface area contributed by atoms with Gasteiger partial charge in [0.15, 0.2) is 6.86 Å². The fourth-order valence-corrected chi connectivity index (χ4v) is 0.444. The van der Waals surface area contributed by atoms with Crippen LogP contribution in [0.15, 0.2) is 0 Å². The van der Waals surface area contributed by atoms with Crippen molar-refractivity contribution in [2.75, 3.05) is 20.5 Å². The van der Waals surface area contributed by atoms with E-state index in [-0.39, 0.29) is 7.05 Å². The molecule has 13 heavy (non-hydrogen) atoms. The fourth-order valence-electron chi connectivity index (χ4n) is 0.444. The first-order valence-corrected chi connectivity index (χ1v) is 3.04. The van der Waals surface area contributed by atoms with Gasteiger partial charge in [0.05, 0.1) is 0 Å². The molecular formula is C5H7F6NO. The average molecular weight is 211 g/mol. The molecule has 0 spiro atoms. The zero-order chi connectivity index (χ0) is 10.7. The Hall–Kier alpha value is -0.500. The second-order valence-electron chi connectivity index (χ2n) is 2.15. The molecule has 0 saturated heterocycles. The quantitative estimate of drug-likeness (QED) is 0.520. The Bertz CT molecular complexity index is 158. The largest absolute Gasteiger partial charge is 0.464 e. The van der Waals surface area contributed by atoms with Crippen LogP contribution in [0.4, 0.5) is 26.3 Å². The van der Waals surface area contributed by atoms with Gasteiger partial charge in [-0.15, -0.1) is 0 Å². The monoisotopic (exact) mass is 211 g/mol. The minimum Gasteiger partial charge on any atom is -0.343 e. The maximum Gasteiger partial charge on any atom is 0.464 e. The van der Waals surface area contributed by atoms with Crippen LogP contribution in [-0.4, -0.2) is 37.8 Å². The molecule has 0 fully saturated rings. The van der Waals surface area contributed by atoms with Crippen molar-refractivity contribution < 1.29 is 31.1 Å². The number of hydrogen-bond donors (Lipinski definition) is 0. The summed E-state index contributed by atoms with van der Waals surface area (Å²) in [5, 5.41) is 0. The van der Waals surface area contributed by atoms with Crippen LogP contribution in [-0.2, 0) is 4.74 Å². The molecule has 80 valence electrons. The summed E-state index contributed by atoms with van der Waals surface area (Å²) in [4.78, 5) is -1.14. The van der Waals surface area contributed by atoms with Gasteiger partial charge >= 0.3 is 12.3 Å². The van der Waals surface area contributed by atoms with E-state index in [0.717, 1.165) is 0 Å². The highest BCUT2D eigenvalue weighted by atomic mass is 19.4. The summed E-state index contributed by atoms with van der Waals surface area (Å²) in [5.41, 5.74) is 0. The summed E-state index contributed by atoms with van der Waals surface area (Å²) in [7, 11) is 0.154. The Kier molecular flexibility index (Phi) is 3.98. The van der Waals surface area contributed by atoms with Crippen molar-refractivity contribution in [3.05, 3.63) is 0 Å². The molecule has 0 radical (unpaired) electrons. The molecule has 0 amide bonds. The second-order valence-corrected chi connectivity index (χ2v) is 2.15. The summed E-state index contributed by atoms with van der Waals surface area (Å²) >= 11 is 0. The van der Waals surface area contributed by atoms with Crippen LogP contribution >= 0.6 is 0 Å². The first-order valence-electron chi connectivity index (χ1n) is 3.04. The second kappa shape index (κ2) is 4.14. The van der Waals surface area contributed by atoms with Crippen molar-refractivity contribution in [3.8, 4) is 0 Å². The number of likely N-dealkylation sites (N-methyl/N-ethyl adjacent to an activating group) is 1. The maximum absolute atomic E-state index is 12.4. The highest BCUT2D eigenvalue weighted by molar-refractivity contribution is 4.66. The minimum absolute atomic E-state index is 0.154. The van der Waals surface area contributed by atoms with E-state index < -0.39 is 30.7 Å². The van der Waals surface area contributed by atoms with E-state index in [1.165, 1.54) is 0 Å². The van der Waals surface area contributed by atoms with Crippen LogP contribution in [0.5, 0.6) is 0 Å². The molecule has 0 heterocycles. The molecule has 0 aromatic carbocycles. The number of rotatable bonds is 4. The molecule has 0 aliphatic rings. The molecule has 0 aliphatic heterocycles.